The van der Waals surface area contributed by atoms with Gasteiger partial charge in [0.1, 0.15) is 12.4 Å². The molecule has 21 heavy (non-hydrogen) atoms. The molecule has 5 heteroatoms. The van der Waals surface area contributed by atoms with Gasteiger partial charge in [-0.15, -0.1) is 0 Å². The van der Waals surface area contributed by atoms with Gasteiger partial charge in [-0.3, -0.25) is 4.90 Å². The first kappa shape index (κ1) is 15.6. The Morgan fingerprint density at radius 1 is 1.38 bits per heavy atom. The van der Waals surface area contributed by atoms with Crippen molar-refractivity contribution in [1.29, 1.82) is 0 Å². The molecule has 0 radical (unpaired) electrons. The Morgan fingerprint density at radius 3 is 2.62 bits per heavy atom. The summed E-state index contributed by atoms with van der Waals surface area (Å²) in [4.78, 5) is 2.45. The van der Waals surface area contributed by atoms with Crippen molar-refractivity contribution in [3.8, 4) is 5.75 Å². The Bertz CT molecular complexity index is 455. The molecule has 0 aromatic heterocycles. The third-order valence-corrected chi connectivity index (χ3v) is 4.12. The van der Waals surface area contributed by atoms with E-state index in [1.54, 1.807) is 12.1 Å². The van der Waals surface area contributed by atoms with Gasteiger partial charge in [-0.1, -0.05) is 18.5 Å². The number of likely N-dealkylation sites (N-methyl/N-ethyl adjacent to an activating group) is 1. The molecular formula is C16H25N3O2. The lowest BCUT2D eigenvalue weighted by Gasteiger charge is -2.31. The van der Waals surface area contributed by atoms with E-state index < -0.39 is 0 Å². The van der Waals surface area contributed by atoms with Crippen molar-refractivity contribution >= 4 is 5.84 Å². The zero-order chi connectivity index (χ0) is 15.1. The number of ether oxygens (including phenoxy) is 1. The van der Waals surface area contributed by atoms with E-state index in [4.69, 9.17) is 15.7 Å². The first-order valence-electron chi connectivity index (χ1n) is 7.66. The monoisotopic (exact) mass is 291 g/mol. The molecule has 0 saturated heterocycles. The van der Waals surface area contributed by atoms with Gasteiger partial charge >= 0.3 is 0 Å². The Balaban J connectivity index is 1.74. The summed E-state index contributed by atoms with van der Waals surface area (Å²) in [5, 5.41) is 11.6. The Kier molecular flexibility index (Phi) is 5.87. The third kappa shape index (κ3) is 4.63. The molecule has 1 aromatic carbocycles. The molecule has 5 nitrogen and oxygen atoms in total. The molecule has 1 fully saturated rings. The van der Waals surface area contributed by atoms with Crippen LogP contribution in [0.5, 0.6) is 5.75 Å². The SMILES string of the molecule is CCN(CCOc1ccc(/C(N)=N/O)cc1)CC1CCC1. The van der Waals surface area contributed by atoms with Gasteiger partial charge in [0, 0.05) is 18.7 Å². The molecule has 1 saturated carbocycles. The Labute approximate surface area is 126 Å². The van der Waals surface area contributed by atoms with E-state index in [1.807, 2.05) is 12.1 Å². The van der Waals surface area contributed by atoms with Gasteiger partial charge < -0.3 is 15.7 Å². The second-order valence-electron chi connectivity index (χ2n) is 5.55. The summed E-state index contributed by atoms with van der Waals surface area (Å²) >= 11 is 0. The zero-order valence-electron chi connectivity index (χ0n) is 12.7. The van der Waals surface area contributed by atoms with Crippen LogP contribution in [0.25, 0.3) is 0 Å². The molecule has 1 aliphatic rings. The largest absolute Gasteiger partial charge is 0.492 e. The molecule has 0 atom stereocenters. The molecule has 0 spiro atoms. The smallest absolute Gasteiger partial charge is 0.170 e. The summed E-state index contributed by atoms with van der Waals surface area (Å²) in [6.07, 6.45) is 4.16. The number of hydrogen-bond donors (Lipinski definition) is 2. The lowest BCUT2D eigenvalue weighted by molar-refractivity contribution is 0.158. The number of benzene rings is 1. The number of nitrogens with zero attached hydrogens (tertiary/aromatic N) is 2. The van der Waals surface area contributed by atoms with Gasteiger partial charge in [0.25, 0.3) is 0 Å². The highest BCUT2D eigenvalue weighted by molar-refractivity contribution is 5.97. The van der Waals surface area contributed by atoms with Crippen LogP contribution in [0.4, 0.5) is 0 Å². The Hall–Kier alpha value is -1.75. The minimum atomic E-state index is 0.110. The van der Waals surface area contributed by atoms with E-state index in [9.17, 15) is 0 Å². The van der Waals surface area contributed by atoms with Crippen molar-refractivity contribution in [2.24, 2.45) is 16.8 Å². The van der Waals surface area contributed by atoms with Crippen molar-refractivity contribution < 1.29 is 9.94 Å². The average Bonchev–Trinajstić information content (AvgIpc) is 2.48. The lowest BCUT2D eigenvalue weighted by atomic mass is 9.85. The highest BCUT2D eigenvalue weighted by Gasteiger charge is 2.19. The van der Waals surface area contributed by atoms with Crippen LogP contribution in [0.3, 0.4) is 0 Å². The molecule has 2 rings (SSSR count). The predicted octanol–water partition coefficient (Wildman–Crippen LogP) is 2.28. The van der Waals surface area contributed by atoms with E-state index in [0.717, 1.165) is 24.8 Å². The lowest BCUT2D eigenvalue weighted by Crippen LogP contribution is -2.35. The molecule has 1 aromatic rings. The summed E-state index contributed by atoms with van der Waals surface area (Å²) in [7, 11) is 0. The van der Waals surface area contributed by atoms with Crippen LogP contribution in [-0.4, -0.2) is 42.2 Å². The molecule has 0 heterocycles. The molecule has 0 bridgehead atoms. The highest BCUT2D eigenvalue weighted by atomic mass is 16.5. The maximum atomic E-state index is 8.61. The van der Waals surface area contributed by atoms with Crippen LogP contribution >= 0.6 is 0 Å². The van der Waals surface area contributed by atoms with Crippen LogP contribution in [0, 0.1) is 5.92 Å². The standard InChI is InChI=1S/C16H25N3O2/c1-2-19(12-13-4-3-5-13)10-11-21-15-8-6-14(7-9-15)16(17)18-20/h6-9,13,20H,2-5,10-12H2,1H3,(H2,17,18). The van der Waals surface area contributed by atoms with Gasteiger partial charge in [0.05, 0.1) is 0 Å². The van der Waals surface area contributed by atoms with Crippen LogP contribution < -0.4 is 10.5 Å². The number of nitrogens with two attached hydrogens (primary N) is 1. The van der Waals surface area contributed by atoms with E-state index in [0.29, 0.717) is 12.2 Å². The molecule has 116 valence electrons. The second-order valence-corrected chi connectivity index (χ2v) is 5.55. The zero-order valence-corrected chi connectivity index (χ0v) is 12.7. The van der Waals surface area contributed by atoms with E-state index in [1.165, 1.54) is 25.8 Å². The van der Waals surface area contributed by atoms with Crippen molar-refractivity contribution in [1.82, 2.24) is 4.90 Å². The predicted molar refractivity (Wildman–Crippen MR) is 83.9 cm³/mol. The van der Waals surface area contributed by atoms with Crippen molar-refractivity contribution in [2.75, 3.05) is 26.2 Å². The van der Waals surface area contributed by atoms with Crippen molar-refractivity contribution in [3.05, 3.63) is 29.8 Å². The number of hydrogen-bond acceptors (Lipinski definition) is 4. The minimum absolute atomic E-state index is 0.110. The van der Waals surface area contributed by atoms with Crippen LogP contribution in [0.15, 0.2) is 29.4 Å². The van der Waals surface area contributed by atoms with Gasteiger partial charge in [0.2, 0.25) is 0 Å². The normalized spacial score (nSPS) is 16.0. The topological polar surface area (TPSA) is 71.1 Å². The van der Waals surface area contributed by atoms with Gasteiger partial charge in [-0.25, -0.2) is 0 Å². The van der Waals surface area contributed by atoms with Gasteiger partial charge in [-0.05, 0) is 49.6 Å². The fourth-order valence-electron chi connectivity index (χ4n) is 2.49. The van der Waals surface area contributed by atoms with Crippen molar-refractivity contribution in [2.45, 2.75) is 26.2 Å². The van der Waals surface area contributed by atoms with Crippen LogP contribution in [-0.2, 0) is 0 Å². The molecule has 0 unspecified atom stereocenters. The Morgan fingerprint density at radius 2 is 2.10 bits per heavy atom. The van der Waals surface area contributed by atoms with Crippen molar-refractivity contribution in [3.63, 3.8) is 0 Å². The number of rotatable bonds is 8. The molecule has 0 amide bonds. The maximum absolute atomic E-state index is 8.61. The summed E-state index contributed by atoms with van der Waals surface area (Å²) in [5.74, 6) is 1.81. The summed E-state index contributed by atoms with van der Waals surface area (Å²) in [6.45, 7) is 6.10. The molecule has 3 N–H and O–H groups in total. The maximum Gasteiger partial charge on any atom is 0.170 e. The second kappa shape index (κ2) is 7.88. The van der Waals surface area contributed by atoms with Crippen LogP contribution in [0.2, 0.25) is 0 Å². The first-order chi connectivity index (χ1) is 10.2. The van der Waals surface area contributed by atoms with Gasteiger partial charge in [0.15, 0.2) is 5.84 Å². The molecule has 1 aliphatic carbocycles. The first-order valence-corrected chi connectivity index (χ1v) is 7.66. The fraction of sp³-hybridized carbons (Fsp3) is 0.562. The van der Waals surface area contributed by atoms with E-state index >= 15 is 0 Å². The number of oxime groups is 1. The quantitative estimate of drug-likeness (QED) is 0.334. The summed E-state index contributed by atoms with van der Waals surface area (Å²) in [5.41, 5.74) is 6.20. The minimum Gasteiger partial charge on any atom is -0.492 e. The number of amidine groups is 1. The van der Waals surface area contributed by atoms with Gasteiger partial charge in [-0.2, -0.15) is 0 Å². The van der Waals surface area contributed by atoms with E-state index in [2.05, 4.69) is 17.0 Å². The molecule has 0 aliphatic heterocycles. The summed E-state index contributed by atoms with van der Waals surface area (Å²) < 4.78 is 5.76. The summed E-state index contributed by atoms with van der Waals surface area (Å²) in [6, 6.07) is 7.26. The highest BCUT2D eigenvalue weighted by Crippen LogP contribution is 2.26. The third-order valence-electron chi connectivity index (χ3n) is 4.12. The average molecular weight is 291 g/mol. The van der Waals surface area contributed by atoms with Crippen LogP contribution in [0.1, 0.15) is 31.7 Å². The molecular weight excluding hydrogens is 266 g/mol. The fourth-order valence-corrected chi connectivity index (χ4v) is 2.49. The van der Waals surface area contributed by atoms with E-state index in [-0.39, 0.29) is 5.84 Å².